The molecule has 0 radical (unpaired) electrons. The summed E-state index contributed by atoms with van der Waals surface area (Å²) in [7, 11) is 1.83. The van der Waals surface area contributed by atoms with Crippen LogP contribution in [-0.2, 0) is 4.79 Å². The van der Waals surface area contributed by atoms with Gasteiger partial charge in [0.05, 0.1) is 5.92 Å². The van der Waals surface area contributed by atoms with Crippen LogP contribution in [0.5, 0.6) is 0 Å². The summed E-state index contributed by atoms with van der Waals surface area (Å²) in [5.74, 6) is -0.267. The van der Waals surface area contributed by atoms with Crippen LogP contribution in [0.4, 0.5) is 4.79 Å². The molecule has 2 unspecified atom stereocenters. The average molecular weight is 282 g/mol. The summed E-state index contributed by atoms with van der Waals surface area (Å²) in [5.41, 5.74) is 0. The van der Waals surface area contributed by atoms with Gasteiger partial charge in [-0.2, -0.15) is 0 Å². The van der Waals surface area contributed by atoms with E-state index in [1.54, 1.807) is 4.90 Å². The summed E-state index contributed by atoms with van der Waals surface area (Å²) in [6.07, 6.45) is 7.61. The normalized spacial score (nSPS) is 26.6. The van der Waals surface area contributed by atoms with E-state index >= 15 is 0 Å². The van der Waals surface area contributed by atoms with Crippen molar-refractivity contribution in [1.82, 2.24) is 10.2 Å². The second kappa shape index (κ2) is 6.95. The lowest BCUT2D eigenvalue weighted by atomic mass is 9.96. The van der Waals surface area contributed by atoms with Crippen molar-refractivity contribution in [3.8, 4) is 0 Å². The Labute approximate surface area is 120 Å². The van der Waals surface area contributed by atoms with Gasteiger partial charge in [-0.1, -0.05) is 19.3 Å². The number of rotatable bonds is 5. The number of nitrogens with one attached hydrogen (secondary N) is 1. The molecule has 0 aliphatic heterocycles. The SMILES string of the molecule is CN(CC1CCCC1)C(=O)NCC1CCCC1C(=O)O. The fraction of sp³-hybridized carbons (Fsp3) is 0.867. The van der Waals surface area contributed by atoms with Crippen molar-refractivity contribution in [3.63, 3.8) is 0 Å². The zero-order valence-electron chi connectivity index (χ0n) is 12.3. The van der Waals surface area contributed by atoms with Gasteiger partial charge in [0.1, 0.15) is 0 Å². The molecule has 0 heterocycles. The van der Waals surface area contributed by atoms with Crippen LogP contribution >= 0.6 is 0 Å². The number of carbonyl (C=O) groups is 2. The molecular weight excluding hydrogens is 256 g/mol. The molecule has 114 valence electrons. The maximum Gasteiger partial charge on any atom is 0.317 e. The minimum Gasteiger partial charge on any atom is -0.481 e. The topological polar surface area (TPSA) is 69.6 Å². The van der Waals surface area contributed by atoms with E-state index in [2.05, 4.69) is 5.32 Å². The van der Waals surface area contributed by atoms with E-state index in [1.807, 2.05) is 7.05 Å². The van der Waals surface area contributed by atoms with E-state index in [0.29, 0.717) is 12.5 Å². The number of carbonyl (C=O) groups excluding carboxylic acids is 1. The van der Waals surface area contributed by atoms with E-state index in [1.165, 1.54) is 25.7 Å². The molecule has 0 saturated heterocycles. The number of carboxylic acids is 1. The molecule has 2 aliphatic rings. The first-order valence-electron chi connectivity index (χ1n) is 7.79. The molecule has 2 rings (SSSR count). The highest BCUT2D eigenvalue weighted by atomic mass is 16.4. The molecule has 5 nitrogen and oxygen atoms in total. The Hall–Kier alpha value is -1.26. The molecule has 0 aromatic rings. The Kier molecular flexibility index (Phi) is 5.26. The van der Waals surface area contributed by atoms with Crippen molar-refractivity contribution < 1.29 is 14.7 Å². The van der Waals surface area contributed by atoms with Crippen LogP contribution in [0.15, 0.2) is 0 Å². The summed E-state index contributed by atoms with van der Waals surface area (Å²) >= 11 is 0. The maximum absolute atomic E-state index is 12.0. The zero-order valence-corrected chi connectivity index (χ0v) is 12.3. The monoisotopic (exact) mass is 282 g/mol. The number of nitrogens with zero attached hydrogens (tertiary/aromatic N) is 1. The van der Waals surface area contributed by atoms with Gasteiger partial charge in [-0.25, -0.2) is 4.79 Å². The summed E-state index contributed by atoms with van der Waals surface area (Å²) in [6.45, 7) is 1.31. The largest absolute Gasteiger partial charge is 0.481 e. The number of amides is 2. The van der Waals surface area contributed by atoms with Crippen molar-refractivity contribution in [2.24, 2.45) is 17.8 Å². The van der Waals surface area contributed by atoms with Crippen LogP contribution in [0.3, 0.4) is 0 Å². The summed E-state index contributed by atoms with van der Waals surface area (Å²) < 4.78 is 0. The van der Waals surface area contributed by atoms with E-state index in [9.17, 15) is 9.59 Å². The predicted octanol–water partition coefficient (Wildman–Crippen LogP) is 2.32. The van der Waals surface area contributed by atoms with Gasteiger partial charge in [0.25, 0.3) is 0 Å². The molecule has 2 aliphatic carbocycles. The van der Waals surface area contributed by atoms with E-state index in [0.717, 1.165) is 25.8 Å². The van der Waals surface area contributed by atoms with Gasteiger partial charge in [-0.3, -0.25) is 4.79 Å². The van der Waals surface area contributed by atoms with Crippen molar-refractivity contribution >= 4 is 12.0 Å². The Morgan fingerprint density at radius 3 is 2.50 bits per heavy atom. The quantitative estimate of drug-likeness (QED) is 0.813. The lowest BCUT2D eigenvalue weighted by Gasteiger charge is -2.23. The second-order valence-corrected chi connectivity index (χ2v) is 6.35. The van der Waals surface area contributed by atoms with Gasteiger partial charge >= 0.3 is 12.0 Å². The number of hydrogen-bond donors (Lipinski definition) is 2. The Morgan fingerprint density at radius 1 is 1.15 bits per heavy atom. The van der Waals surface area contributed by atoms with Crippen LogP contribution < -0.4 is 5.32 Å². The van der Waals surface area contributed by atoms with Crippen LogP contribution in [0.1, 0.15) is 44.9 Å². The molecule has 0 aromatic heterocycles. The maximum atomic E-state index is 12.0. The molecule has 5 heteroatoms. The van der Waals surface area contributed by atoms with Crippen molar-refractivity contribution in [3.05, 3.63) is 0 Å². The van der Waals surface area contributed by atoms with Crippen molar-refractivity contribution in [2.75, 3.05) is 20.1 Å². The molecule has 2 saturated carbocycles. The molecular formula is C15H26N2O3. The molecule has 2 atom stereocenters. The predicted molar refractivity (Wildman–Crippen MR) is 76.5 cm³/mol. The molecule has 2 amide bonds. The third kappa shape index (κ3) is 3.87. The summed E-state index contributed by atoms with van der Waals surface area (Å²) in [5, 5.41) is 12.0. The lowest BCUT2D eigenvalue weighted by Crippen LogP contribution is -2.42. The number of hydrogen-bond acceptors (Lipinski definition) is 2. The summed E-state index contributed by atoms with van der Waals surface area (Å²) in [4.78, 5) is 24.9. The number of aliphatic carboxylic acids is 1. The lowest BCUT2D eigenvalue weighted by molar-refractivity contribution is -0.142. The smallest absolute Gasteiger partial charge is 0.317 e. The van der Waals surface area contributed by atoms with Crippen LogP contribution in [0.2, 0.25) is 0 Å². The fourth-order valence-electron chi connectivity index (χ4n) is 3.62. The molecule has 0 aromatic carbocycles. The zero-order chi connectivity index (χ0) is 14.5. The summed E-state index contributed by atoms with van der Waals surface area (Å²) in [6, 6.07) is -0.0621. The van der Waals surface area contributed by atoms with Crippen LogP contribution in [-0.4, -0.2) is 42.1 Å². The average Bonchev–Trinajstić information content (AvgIpc) is 3.06. The van der Waals surface area contributed by atoms with E-state index < -0.39 is 5.97 Å². The van der Waals surface area contributed by atoms with Gasteiger partial charge in [0, 0.05) is 20.1 Å². The van der Waals surface area contributed by atoms with E-state index in [-0.39, 0.29) is 17.9 Å². The highest BCUT2D eigenvalue weighted by Crippen LogP contribution is 2.31. The highest BCUT2D eigenvalue weighted by Gasteiger charge is 2.33. The molecule has 2 fully saturated rings. The Bertz CT molecular complexity index is 353. The van der Waals surface area contributed by atoms with Gasteiger partial charge in [-0.15, -0.1) is 0 Å². The minimum atomic E-state index is -0.721. The molecule has 0 bridgehead atoms. The van der Waals surface area contributed by atoms with Gasteiger partial charge in [0.2, 0.25) is 0 Å². The van der Waals surface area contributed by atoms with Gasteiger partial charge < -0.3 is 15.3 Å². The molecule has 0 spiro atoms. The highest BCUT2D eigenvalue weighted by molar-refractivity contribution is 5.74. The van der Waals surface area contributed by atoms with Crippen molar-refractivity contribution in [1.29, 1.82) is 0 Å². The first-order chi connectivity index (χ1) is 9.58. The van der Waals surface area contributed by atoms with Gasteiger partial charge in [-0.05, 0) is 37.5 Å². The number of carboxylic acid groups (broad SMARTS) is 1. The van der Waals surface area contributed by atoms with E-state index in [4.69, 9.17) is 5.11 Å². The number of urea groups is 1. The third-order valence-corrected chi connectivity index (χ3v) is 4.85. The van der Waals surface area contributed by atoms with Crippen LogP contribution in [0, 0.1) is 17.8 Å². The molecule has 20 heavy (non-hydrogen) atoms. The molecule has 2 N–H and O–H groups in total. The Morgan fingerprint density at radius 2 is 1.85 bits per heavy atom. The Balaban J connectivity index is 1.72. The van der Waals surface area contributed by atoms with Crippen LogP contribution in [0.25, 0.3) is 0 Å². The standard InChI is InChI=1S/C15H26N2O3/c1-17(10-11-5-2-3-6-11)15(20)16-9-12-7-4-8-13(12)14(18)19/h11-13H,2-10H2,1H3,(H,16,20)(H,18,19). The first-order valence-corrected chi connectivity index (χ1v) is 7.79. The third-order valence-electron chi connectivity index (χ3n) is 4.85. The fourth-order valence-corrected chi connectivity index (χ4v) is 3.62. The first kappa shape index (κ1) is 15.1. The second-order valence-electron chi connectivity index (χ2n) is 6.35. The minimum absolute atomic E-state index is 0.0621. The van der Waals surface area contributed by atoms with Crippen molar-refractivity contribution in [2.45, 2.75) is 44.9 Å². The van der Waals surface area contributed by atoms with Gasteiger partial charge in [0.15, 0.2) is 0 Å².